The number of nitro groups is 1. The van der Waals surface area contributed by atoms with Gasteiger partial charge in [-0.05, 0) is 31.6 Å². The van der Waals surface area contributed by atoms with Crippen molar-refractivity contribution in [2.24, 2.45) is 5.92 Å². The Labute approximate surface area is 144 Å². The van der Waals surface area contributed by atoms with E-state index in [4.69, 9.17) is 5.26 Å². The topological polar surface area (TPSA) is 109 Å². The van der Waals surface area contributed by atoms with Gasteiger partial charge in [0.1, 0.15) is 18.2 Å². The van der Waals surface area contributed by atoms with Gasteiger partial charge in [0.25, 0.3) is 11.2 Å². The summed E-state index contributed by atoms with van der Waals surface area (Å²) < 4.78 is 0.992. The van der Waals surface area contributed by atoms with Crippen LogP contribution < -0.4 is 5.56 Å². The van der Waals surface area contributed by atoms with Crippen LogP contribution >= 0.6 is 0 Å². The maximum Gasteiger partial charge on any atom is 0.287 e. The Hall–Kier alpha value is -2.69. The van der Waals surface area contributed by atoms with Crippen molar-refractivity contribution in [3.8, 4) is 6.07 Å². The first kappa shape index (κ1) is 17.1. The molecule has 132 valence electrons. The van der Waals surface area contributed by atoms with Gasteiger partial charge in [0.15, 0.2) is 0 Å². The molecule has 1 amide bonds. The molecular weight excluding hydrogens is 324 g/mol. The highest BCUT2D eigenvalue weighted by molar-refractivity contribution is 5.76. The van der Waals surface area contributed by atoms with E-state index in [2.05, 4.69) is 0 Å². The van der Waals surface area contributed by atoms with Gasteiger partial charge in [0.2, 0.25) is 5.91 Å². The number of pyridine rings is 1. The van der Waals surface area contributed by atoms with E-state index >= 15 is 0 Å². The maximum absolute atomic E-state index is 12.8. The third-order valence-electron chi connectivity index (χ3n) is 5.27. The van der Waals surface area contributed by atoms with Crippen LogP contribution in [0.2, 0.25) is 0 Å². The van der Waals surface area contributed by atoms with Crippen LogP contribution in [-0.2, 0) is 11.3 Å². The highest BCUT2D eigenvalue weighted by Crippen LogP contribution is 2.35. The summed E-state index contributed by atoms with van der Waals surface area (Å²) >= 11 is 0. The van der Waals surface area contributed by atoms with Gasteiger partial charge in [-0.3, -0.25) is 24.3 Å². The van der Waals surface area contributed by atoms with Gasteiger partial charge in [-0.25, -0.2) is 0 Å². The standard InChI is InChI=1S/C17H20N4O4/c18-9-13-8-14(21(24)25)10-19(17(13)23)11-16(22)20-7-3-5-12-4-1-2-6-15(12)20/h8,10,12,15H,1-7,11H2/t12-,15-/m1/s1. The Bertz CT molecular complexity index is 793. The number of fused-ring (bicyclic) bond motifs is 1. The number of rotatable bonds is 3. The Kier molecular flexibility index (Phi) is 4.83. The summed E-state index contributed by atoms with van der Waals surface area (Å²) in [7, 11) is 0. The molecule has 1 saturated carbocycles. The van der Waals surface area contributed by atoms with E-state index in [9.17, 15) is 19.7 Å². The fourth-order valence-electron chi connectivity index (χ4n) is 4.09. The van der Waals surface area contributed by atoms with Crippen molar-refractivity contribution in [2.45, 2.75) is 51.1 Å². The second-order valence-electron chi connectivity index (χ2n) is 6.76. The first-order chi connectivity index (χ1) is 12.0. The van der Waals surface area contributed by atoms with Crippen LogP contribution in [0, 0.1) is 27.4 Å². The van der Waals surface area contributed by atoms with Crippen molar-refractivity contribution in [1.82, 2.24) is 9.47 Å². The van der Waals surface area contributed by atoms with E-state index < -0.39 is 10.5 Å². The highest BCUT2D eigenvalue weighted by Gasteiger charge is 2.35. The minimum Gasteiger partial charge on any atom is -0.338 e. The number of amides is 1. The van der Waals surface area contributed by atoms with Gasteiger partial charge in [0, 0.05) is 18.7 Å². The number of piperidine rings is 1. The summed E-state index contributed by atoms with van der Waals surface area (Å²) in [5.74, 6) is 0.311. The van der Waals surface area contributed by atoms with Crippen LogP contribution in [0.4, 0.5) is 5.69 Å². The van der Waals surface area contributed by atoms with E-state index in [0.29, 0.717) is 12.5 Å². The molecule has 0 unspecified atom stereocenters. The maximum atomic E-state index is 12.8. The summed E-state index contributed by atoms with van der Waals surface area (Å²) in [5.41, 5.74) is -1.35. The van der Waals surface area contributed by atoms with Gasteiger partial charge >= 0.3 is 0 Å². The summed E-state index contributed by atoms with van der Waals surface area (Å²) in [6.07, 6.45) is 7.51. The highest BCUT2D eigenvalue weighted by atomic mass is 16.6. The van der Waals surface area contributed by atoms with Gasteiger partial charge in [-0.15, -0.1) is 0 Å². The second-order valence-corrected chi connectivity index (χ2v) is 6.76. The SMILES string of the molecule is N#Cc1cc([N+](=O)[O-])cn(CC(=O)N2CCC[C@H]3CCCC[C@H]32)c1=O. The summed E-state index contributed by atoms with van der Waals surface area (Å²) in [4.78, 5) is 37.2. The molecule has 1 aromatic rings. The first-order valence-electron chi connectivity index (χ1n) is 8.59. The van der Waals surface area contributed by atoms with Crippen LogP contribution in [0.3, 0.4) is 0 Å². The third kappa shape index (κ3) is 3.40. The number of carbonyl (C=O) groups excluding carboxylic acids is 1. The van der Waals surface area contributed by atoms with Gasteiger partial charge < -0.3 is 4.90 Å². The minimum atomic E-state index is -0.668. The van der Waals surface area contributed by atoms with Crippen LogP contribution in [0.15, 0.2) is 17.1 Å². The van der Waals surface area contributed by atoms with Gasteiger partial charge in [-0.1, -0.05) is 12.8 Å². The lowest BCUT2D eigenvalue weighted by atomic mass is 9.78. The molecule has 8 heteroatoms. The van der Waals surface area contributed by atoms with E-state index in [0.717, 1.165) is 48.9 Å². The van der Waals surface area contributed by atoms with E-state index in [-0.39, 0.29) is 29.7 Å². The molecule has 2 fully saturated rings. The first-order valence-corrected chi connectivity index (χ1v) is 8.59. The number of nitriles is 1. The Morgan fingerprint density at radius 1 is 1.32 bits per heavy atom. The zero-order valence-corrected chi connectivity index (χ0v) is 13.9. The molecule has 8 nitrogen and oxygen atoms in total. The molecule has 0 N–H and O–H groups in total. The largest absolute Gasteiger partial charge is 0.338 e. The third-order valence-corrected chi connectivity index (χ3v) is 5.27. The molecule has 0 aromatic carbocycles. The van der Waals surface area contributed by atoms with Crippen molar-refractivity contribution in [3.05, 3.63) is 38.3 Å². The monoisotopic (exact) mass is 344 g/mol. The molecule has 1 aliphatic carbocycles. The van der Waals surface area contributed by atoms with Crippen molar-refractivity contribution >= 4 is 11.6 Å². The molecule has 1 aromatic heterocycles. The predicted molar refractivity (Wildman–Crippen MR) is 88.8 cm³/mol. The lowest BCUT2D eigenvalue weighted by molar-refractivity contribution is -0.385. The van der Waals surface area contributed by atoms with Crippen molar-refractivity contribution in [3.63, 3.8) is 0 Å². The Morgan fingerprint density at radius 3 is 2.76 bits per heavy atom. The number of carbonyl (C=O) groups is 1. The van der Waals surface area contributed by atoms with Crippen molar-refractivity contribution < 1.29 is 9.72 Å². The van der Waals surface area contributed by atoms with Crippen LogP contribution in [-0.4, -0.2) is 32.9 Å². The zero-order chi connectivity index (χ0) is 18.0. The lowest BCUT2D eigenvalue weighted by Gasteiger charge is -2.44. The second kappa shape index (κ2) is 7.05. The van der Waals surface area contributed by atoms with E-state index in [1.807, 2.05) is 4.90 Å². The van der Waals surface area contributed by atoms with Crippen molar-refractivity contribution in [1.29, 1.82) is 5.26 Å². The number of likely N-dealkylation sites (tertiary alicyclic amines) is 1. The fourth-order valence-corrected chi connectivity index (χ4v) is 4.09. The Balaban J connectivity index is 1.85. The van der Waals surface area contributed by atoms with E-state index in [1.54, 1.807) is 6.07 Å². The zero-order valence-electron chi connectivity index (χ0n) is 13.9. The van der Waals surface area contributed by atoms with Gasteiger partial charge in [-0.2, -0.15) is 5.26 Å². The average molecular weight is 344 g/mol. The molecule has 1 saturated heterocycles. The normalized spacial score (nSPS) is 22.8. The quantitative estimate of drug-likeness (QED) is 0.613. The molecule has 1 aliphatic heterocycles. The Morgan fingerprint density at radius 2 is 2.04 bits per heavy atom. The van der Waals surface area contributed by atoms with Crippen LogP contribution in [0.1, 0.15) is 44.1 Å². The molecule has 2 heterocycles. The molecule has 0 radical (unpaired) electrons. The molecular formula is C17H20N4O4. The van der Waals surface area contributed by atoms with E-state index in [1.165, 1.54) is 6.42 Å². The lowest BCUT2D eigenvalue weighted by Crippen LogP contribution is -2.51. The smallest absolute Gasteiger partial charge is 0.287 e. The molecule has 3 rings (SSSR count). The minimum absolute atomic E-state index is 0.205. The number of hydrogen-bond donors (Lipinski definition) is 0. The number of aromatic nitrogens is 1. The summed E-state index contributed by atoms with van der Waals surface area (Å²) in [5, 5.41) is 20.0. The van der Waals surface area contributed by atoms with Crippen LogP contribution in [0.25, 0.3) is 0 Å². The number of nitrogens with zero attached hydrogens (tertiary/aromatic N) is 4. The summed E-state index contributed by atoms with van der Waals surface area (Å²) in [6.45, 7) is 0.396. The average Bonchev–Trinajstić information content (AvgIpc) is 2.62. The molecule has 25 heavy (non-hydrogen) atoms. The molecule has 2 atom stereocenters. The fraction of sp³-hybridized carbons (Fsp3) is 0.588. The summed E-state index contributed by atoms with van der Waals surface area (Å²) in [6, 6.07) is 2.82. The van der Waals surface area contributed by atoms with Crippen LogP contribution in [0.5, 0.6) is 0 Å². The number of hydrogen-bond acceptors (Lipinski definition) is 5. The van der Waals surface area contributed by atoms with Crippen molar-refractivity contribution in [2.75, 3.05) is 6.54 Å². The van der Waals surface area contributed by atoms with Gasteiger partial charge in [0.05, 0.1) is 11.1 Å². The molecule has 2 aliphatic rings. The molecule has 0 spiro atoms. The predicted octanol–water partition coefficient (Wildman–Crippen LogP) is 1.81. The molecule has 0 bridgehead atoms.